The number of carbonyl (C=O) groups is 2. The maximum absolute atomic E-state index is 12.2. The van der Waals surface area contributed by atoms with Gasteiger partial charge in [0.1, 0.15) is 0 Å². The van der Waals surface area contributed by atoms with Crippen molar-refractivity contribution in [3.05, 3.63) is 60.2 Å². The SMILES string of the molecule is CC(C)(CO)NC(=O)Cc1ccc(NC(=O)CCS(=O)(=O)c2ccccc2)cc1. The van der Waals surface area contributed by atoms with Crippen molar-refractivity contribution in [2.24, 2.45) is 0 Å². The molecule has 7 nitrogen and oxygen atoms in total. The van der Waals surface area contributed by atoms with E-state index in [1.165, 1.54) is 12.1 Å². The minimum absolute atomic E-state index is 0.146. The van der Waals surface area contributed by atoms with Gasteiger partial charge in [-0.15, -0.1) is 0 Å². The van der Waals surface area contributed by atoms with Crippen molar-refractivity contribution in [3.8, 4) is 0 Å². The zero-order valence-corrected chi connectivity index (χ0v) is 17.3. The summed E-state index contributed by atoms with van der Waals surface area (Å²) in [5, 5.41) is 14.6. The van der Waals surface area contributed by atoms with Crippen molar-refractivity contribution in [2.75, 3.05) is 17.7 Å². The maximum atomic E-state index is 12.2. The first-order chi connectivity index (χ1) is 13.6. The van der Waals surface area contributed by atoms with Gasteiger partial charge in [-0.2, -0.15) is 0 Å². The number of aliphatic hydroxyl groups is 1. The fourth-order valence-corrected chi connectivity index (χ4v) is 3.81. The van der Waals surface area contributed by atoms with Crippen LogP contribution in [0.25, 0.3) is 0 Å². The molecule has 29 heavy (non-hydrogen) atoms. The van der Waals surface area contributed by atoms with Gasteiger partial charge in [-0.05, 0) is 43.7 Å². The highest BCUT2D eigenvalue weighted by atomic mass is 32.2. The molecule has 156 valence electrons. The van der Waals surface area contributed by atoms with Gasteiger partial charge in [-0.25, -0.2) is 8.42 Å². The maximum Gasteiger partial charge on any atom is 0.225 e. The first-order valence-corrected chi connectivity index (χ1v) is 10.8. The summed E-state index contributed by atoms with van der Waals surface area (Å²) in [5.41, 5.74) is 0.582. The molecular weight excluding hydrogens is 392 g/mol. The summed E-state index contributed by atoms with van der Waals surface area (Å²) in [6.07, 6.45) is -0.00932. The number of rotatable bonds is 9. The van der Waals surface area contributed by atoms with Crippen LogP contribution in [0.5, 0.6) is 0 Å². The predicted octanol–water partition coefficient (Wildman–Crippen LogP) is 1.92. The molecule has 2 rings (SSSR count). The highest BCUT2D eigenvalue weighted by molar-refractivity contribution is 7.91. The number of aliphatic hydroxyl groups excluding tert-OH is 1. The molecule has 0 aromatic heterocycles. The lowest BCUT2D eigenvalue weighted by atomic mass is 10.1. The zero-order chi connectivity index (χ0) is 21.5. The number of sulfone groups is 1. The number of amides is 2. The van der Waals surface area contributed by atoms with E-state index in [-0.39, 0.29) is 36.0 Å². The van der Waals surface area contributed by atoms with Crippen molar-refractivity contribution in [3.63, 3.8) is 0 Å². The molecule has 0 unspecified atom stereocenters. The molecule has 0 spiro atoms. The van der Waals surface area contributed by atoms with Gasteiger partial charge in [-0.3, -0.25) is 9.59 Å². The van der Waals surface area contributed by atoms with E-state index in [4.69, 9.17) is 0 Å². The molecule has 0 atom stereocenters. The van der Waals surface area contributed by atoms with Gasteiger partial charge in [0.25, 0.3) is 0 Å². The van der Waals surface area contributed by atoms with Crippen molar-refractivity contribution in [1.82, 2.24) is 5.32 Å². The summed E-state index contributed by atoms with van der Waals surface area (Å²) in [7, 11) is -3.51. The summed E-state index contributed by atoms with van der Waals surface area (Å²) in [6, 6.07) is 14.7. The van der Waals surface area contributed by atoms with E-state index >= 15 is 0 Å². The summed E-state index contributed by atoms with van der Waals surface area (Å²) in [4.78, 5) is 24.3. The molecule has 0 aliphatic rings. The molecule has 0 heterocycles. The van der Waals surface area contributed by atoms with E-state index in [0.717, 1.165) is 5.56 Å². The number of nitrogens with one attached hydrogen (secondary N) is 2. The van der Waals surface area contributed by atoms with E-state index in [0.29, 0.717) is 5.69 Å². The molecule has 3 N–H and O–H groups in total. The summed E-state index contributed by atoms with van der Waals surface area (Å²) < 4.78 is 24.4. The van der Waals surface area contributed by atoms with E-state index in [2.05, 4.69) is 10.6 Å². The summed E-state index contributed by atoms with van der Waals surface area (Å²) in [6.45, 7) is 3.28. The monoisotopic (exact) mass is 418 g/mol. The highest BCUT2D eigenvalue weighted by Crippen LogP contribution is 2.14. The van der Waals surface area contributed by atoms with Crippen LogP contribution in [-0.4, -0.2) is 43.2 Å². The Bertz CT molecular complexity index is 939. The molecule has 2 aromatic carbocycles. The first-order valence-electron chi connectivity index (χ1n) is 9.20. The first kappa shape index (κ1) is 22.6. The molecule has 2 amide bonds. The number of anilines is 1. The molecule has 0 aliphatic heterocycles. The van der Waals surface area contributed by atoms with Gasteiger partial charge in [0.05, 0.1) is 29.2 Å². The second-order valence-electron chi connectivity index (χ2n) is 7.39. The number of benzene rings is 2. The Morgan fingerprint density at radius 2 is 1.59 bits per heavy atom. The van der Waals surface area contributed by atoms with Crippen LogP contribution in [0.2, 0.25) is 0 Å². The van der Waals surface area contributed by atoms with Crippen LogP contribution in [0, 0.1) is 0 Å². The van der Waals surface area contributed by atoms with Crippen LogP contribution < -0.4 is 10.6 Å². The Balaban J connectivity index is 1.86. The van der Waals surface area contributed by atoms with Crippen LogP contribution in [0.1, 0.15) is 25.8 Å². The lowest BCUT2D eigenvalue weighted by Crippen LogP contribution is -2.46. The minimum Gasteiger partial charge on any atom is -0.394 e. The highest BCUT2D eigenvalue weighted by Gasteiger charge is 2.19. The Kier molecular flexibility index (Phi) is 7.53. The van der Waals surface area contributed by atoms with Crippen molar-refractivity contribution in [1.29, 1.82) is 0 Å². The van der Waals surface area contributed by atoms with Gasteiger partial charge >= 0.3 is 0 Å². The topological polar surface area (TPSA) is 113 Å². The van der Waals surface area contributed by atoms with Gasteiger partial charge < -0.3 is 15.7 Å². The number of carbonyl (C=O) groups excluding carboxylic acids is 2. The fourth-order valence-electron chi connectivity index (χ4n) is 2.55. The van der Waals surface area contributed by atoms with Crippen molar-refractivity contribution in [2.45, 2.75) is 37.1 Å². The van der Waals surface area contributed by atoms with E-state index in [9.17, 15) is 23.1 Å². The Morgan fingerprint density at radius 1 is 0.966 bits per heavy atom. The third-order valence-corrected chi connectivity index (χ3v) is 5.91. The van der Waals surface area contributed by atoms with Gasteiger partial charge in [0.2, 0.25) is 11.8 Å². The van der Waals surface area contributed by atoms with Crippen LogP contribution in [0.4, 0.5) is 5.69 Å². The molecule has 0 radical (unpaired) electrons. The average Bonchev–Trinajstić information content (AvgIpc) is 2.68. The standard InChI is InChI=1S/C21H26N2O5S/c1-21(2,15-24)23-20(26)14-16-8-10-17(11-9-16)22-19(25)12-13-29(27,28)18-6-4-3-5-7-18/h3-11,24H,12-15H2,1-2H3,(H,22,25)(H,23,26). The molecule has 0 aliphatic carbocycles. The third kappa shape index (κ3) is 7.32. The molecule has 0 saturated carbocycles. The minimum atomic E-state index is -3.51. The number of hydrogen-bond acceptors (Lipinski definition) is 5. The predicted molar refractivity (Wildman–Crippen MR) is 111 cm³/mol. The largest absolute Gasteiger partial charge is 0.394 e. The van der Waals surface area contributed by atoms with Crippen LogP contribution in [0.15, 0.2) is 59.5 Å². The second kappa shape index (κ2) is 9.67. The third-order valence-electron chi connectivity index (χ3n) is 4.18. The smallest absolute Gasteiger partial charge is 0.225 e. The second-order valence-corrected chi connectivity index (χ2v) is 9.50. The number of hydrogen-bond donors (Lipinski definition) is 3. The van der Waals surface area contributed by atoms with Crippen molar-refractivity contribution < 1.29 is 23.1 Å². The lowest BCUT2D eigenvalue weighted by Gasteiger charge is -2.23. The van der Waals surface area contributed by atoms with E-state index in [1.807, 2.05) is 0 Å². The summed E-state index contributed by atoms with van der Waals surface area (Å²) in [5.74, 6) is -0.895. The molecule has 0 saturated heterocycles. The molecule has 8 heteroatoms. The Hall–Kier alpha value is -2.71. The molecule has 0 bridgehead atoms. The zero-order valence-electron chi connectivity index (χ0n) is 16.5. The van der Waals surface area contributed by atoms with Gasteiger partial charge in [-0.1, -0.05) is 30.3 Å². The average molecular weight is 419 g/mol. The Morgan fingerprint density at radius 3 is 2.17 bits per heavy atom. The van der Waals surface area contributed by atoms with Crippen LogP contribution in [-0.2, 0) is 25.8 Å². The fraction of sp³-hybridized carbons (Fsp3) is 0.333. The molecule has 2 aromatic rings. The normalized spacial score (nSPS) is 11.7. The molecule has 0 fully saturated rings. The van der Waals surface area contributed by atoms with Crippen LogP contribution in [0.3, 0.4) is 0 Å². The quantitative estimate of drug-likeness (QED) is 0.576. The van der Waals surface area contributed by atoms with E-state index < -0.39 is 21.3 Å². The lowest BCUT2D eigenvalue weighted by molar-refractivity contribution is -0.122. The van der Waals surface area contributed by atoms with Crippen molar-refractivity contribution >= 4 is 27.3 Å². The van der Waals surface area contributed by atoms with Gasteiger partial charge in [0.15, 0.2) is 9.84 Å². The molecular formula is C21H26N2O5S. The summed E-state index contributed by atoms with van der Waals surface area (Å²) >= 11 is 0. The Labute approximate surface area is 171 Å². The van der Waals surface area contributed by atoms with Crippen LogP contribution >= 0.6 is 0 Å². The van der Waals surface area contributed by atoms with Gasteiger partial charge in [0, 0.05) is 12.1 Å². The van der Waals surface area contributed by atoms with E-state index in [1.54, 1.807) is 56.3 Å².